The molecular formula is C20H37NO3. The minimum Gasteiger partial charge on any atom is -0.462 e. The monoisotopic (exact) mass is 339 g/mol. The first-order valence-electron chi connectivity index (χ1n) is 9.55. The van der Waals surface area contributed by atoms with Crippen molar-refractivity contribution in [1.82, 2.24) is 4.90 Å². The van der Waals surface area contributed by atoms with Crippen LogP contribution in [0.2, 0.25) is 0 Å². The highest BCUT2D eigenvalue weighted by molar-refractivity contribution is 5.75. The Bertz CT molecular complexity index is 414. The van der Waals surface area contributed by atoms with Crippen LogP contribution in [0.1, 0.15) is 79.6 Å². The molecule has 0 aromatic heterocycles. The second-order valence-electron chi connectivity index (χ2n) is 8.74. The van der Waals surface area contributed by atoms with E-state index in [1.165, 1.54) is 0 Å². The van der Waals surface area contributed by atoms with Crippen LogP contribution < -0.4 is 0 Å². The van der Waals surface area contributed by atoms with Crippen molar-refractivity contribution in [3.63, 3.8) is 0 Å². The molecular weight excluding hydrogens is 302 g/mol. The summed E-state index contributed by atoms with van der Waals surface area (Å²) >= 11 is 0. The van der Waals surface area contributed by atoms with Crippen LogP contribution in [-0.2, 0) is 14.3 Å². The van der Waals surface area contributed by atoms with Crippen LogP contribution in [0.4, 0.5) is 0 Å². The van der Waals surface area contributed by atoms with Gasteiger partial charge < -0.3 is 9.64 Å². The average molecular weight is 340 g/mol. The number of amides is 1. The molecule has 0 aromatic carbocycles. The van der Waals surface area contributed by atoms with Crippen LogP contribution in [0.5, 0.6) is 0 Å². The third-order valence-electron chi connectivity index (χ3n) is 5.14. The zero-order valence-corrected chi connectivity index (χ0v) is 16.6. The summed E-state index contributed by atoms with van der Waals surface area (Å²) in [6.07, 6.45) is 6.05. The summed E-state index contributed by atoms with van der Waals surface area (Å²) in [4.78, 5) is 26.4. The maximum absolute atomic E-state index is 12.4. The predicted octanol–water partition coefficient (Wildman–Crippen LogP) is 4.42. The maximum atomic E-state index is 12.4. The van der Waals surface area contributed by atoms with Crippen LogP contribution in [0, 0.1) is 17.3 Å². The van der Waals surface area contributed by atoms with Crippen LogP contribution >= 0.6 is 0 Å². The molecule has 1 saturated heterocycles. The fourth-order valence-electron chi connectivity index (χ4n) is 3.15. The molecule has 3 atom stereocenters. The Kier molecular flexibility index (Phi) is 8.24. The Labute approximate surface area is 148 Å². The number of ether oxygens (including phenoxy) is 1. The molecule has 1 fully saturated rings. The summed E-state index contributed by atoms with van der Waals surface area (Å²) in [7, 11) is 1.89. The van der Waals surface area contributed by atoms with Crippen molar-refractivity contribution in [2.24, 2.45) is 17.3 Å². The molecule has 0 unspecified atom stereocenters. The number of hydrogen-bond donors (Lipinski definition) is 0. The second-order valence-corrected chi connectivity index (χ2v) is 8.74. The molecule has 4 nitrogen and oxygen atoms in total. The van der Waals surface area contributed by atoms with E-state index < -0.39 is 0 Å². The average Bonchev–Trinajstić information content (AvgIpc) is 2.48. The number of carbonyl (C=O) groups is 2. The first kappa shape index (κ1) is 21.0. The van der Waals surface area contributed by atoms with Gasteiger partial charge in [0.05, 0.1) is 5.92 Å². The highest BCUT2D eigenvalue weighted by atomic mass is 16.5. The van der Waals surface area contributed by atoms with Crippen LogP contribution in [0.25, 0.3) is 0 Å². The lowest BCUT2D eigenvalue weighted by molar-refractivity contribution is -0.160. The van der Waals surface area contributed by atoms with Gasteiger partial charge in [-0.05, 0) is 37.0 Å². The lowest BCUT2D eigenvalue weighted by Gasteiger charge is -2.33. The fourth-order valence-corrected chi connectivity index (χ4v) is 3.15. The number of cyclic esters (lactones) is 1. The van der Waals surface area contributed by atoms with Crippen LogP contribution in [0.15, 0.2) is 0 Å². The zero-order chi connectivity index (χ0) is 18.3. The lowest BCUT2D eigenvalue weighted by atomic mass is 9.82. The van der Waals surface area contributed by atoms with E-state index in [4.69, 9.17) is 4.74 Å². The minimum absolute atomic E-state index is 0.0619. The molecule has 0 aromatic rings. The van der Waals surface area contributed by atoms with Crippen LogP contribution in [0.3, 0.4) is 0 Å². The Morgan fingerprint density at radius 3 is 2.33 bits per heavy atom. The standard InChI is InChI=1S/C20H37NO3/c1-15-10-9-12-18(22)21(6)13-8-7-11-16(2)19(23)24-17(14-15)20(3,4)5/h15-17H,7-14H2,1-6H3/t15-,16+,17-/m1/s1. The largest absolute Gasteiger partial charge is 0.462 e. The van der Waals surface area contributed by atoms with E-state index in [1.807, 2.05) is 18.9 Å². The lowest BCUT2D eigenvalue weighted by Crippen LogP contribution is -2.35. The van der Waals surface area contributed by atoms with Gasteiger partial charge in [0.2, 0.25) is 5.91 Å². The highest BCUT2D eigenvalue weighted by Gasteiger charge is 2.31. The van der Waals surface area contributed by atoms with Gasteiger partial charge in [-0.2, -0.15) is 0 Å². The number of hydrogen-bond acceptors (Lipinski definition) is 3. The van der Waals surface area contributed by atoms with E-state index in [0.717, 1.165) is 45.1 Å². The molecule has 0 spiro atoms. The van der Waals surface area contributed by atoms with Crippen molar-refractivity contribution >= 4 is 11.9 Å². The Hall–Kier alpha value is -1.06. The Morgan fingerprint density at radius 1 is 1.04 bits per heavy atom. The van der Waals surface area contributed by atoms with Gasteiger partial charge in [-0.15, -0.1) is 0 Å². The summed E-state index contributed by atoms with van der Waals surface area (Å²) in [5, 5.41) is 0. The first-order chi connectivity index (χ1) is 11.1. The van der Waals surface area contributed by atoms with E-state index in [9.17, 15) is 9.59 Å². The van der Waals surface area contributed by atoms with E-state index in [-0.39, 0.29) is 29.3 Å². The van der Waals surface area contributed by atoms with Crippen LogP contribution in [-0.4, -0.2) is 36.5 Å². The van der Waals surface area contributed by atoms with E-state index in [2.05, 4.69) is 27.7 Å². The summed E-state index contributed by atoms with van der Waals surface area (Å²) in [5.74, 6) is 0.545. The van der Waals surface area contributed by atoms with E-state index in [1.54, 1.807) is 0 Å². The van der Waals surface area contributed by atoms with Gasteiger partial charge in [0.1, 0.15) is 6.10 Å². The SMILES string of the molecule is C[C@@H]1CCCC(=O)N(C)CCCC[C@H](C)C(=O)O[C@@H](C(C)(C)C)C1. The molecule has 4 heteroatoms. The summed E-state index contributed by atoms with van der Waals surface area (Å²) < 4.78 is 5.90. The van der Waals surface area contributed by atoms with Gasteiger partial charge in [-0.25, -0.2) is 0 Å². The Morgan fingerprint density at radius 2 is 1.71 bits per heavy atom. The maximum Gasteiger partial charge on any atom is 0.308 e. The topological polar surface area (TPSA) is 46.6 Å². The third kappa shape index (κ3) is 7.23. The zero-order valence-electron chi connectivity index (χ0n) is 16.6. The van der Waals surface area contributed by atoms with Crippen molar-refractivity contribution in [1.29, 1.82) is 0 Å². The minimum atomic E-state index is -0.0729. The van der Waals surface area contributed by atoms with Gasteiger partial charge in [-0.3, -0.25) is 9.59 Å². The summed E-state index contributed by atoms with van der Waals surface area (Å²) in [5.41, 5.74) is -0.0619. The first-order valence-corrected chi connectivity index (χ1v) is 9.55. The summed E-state index contributed by atoms with van der Waals surface area (Å²) in [6.45, 7) is 11.3. The molecule has 1 aliphatic heterocycles. The van der Waals surface area contributed by atoms with Gasteiger partial charge in [0.15, 0.2) is 0 Å². The van der Waals surface area contributed by atoms with Crippen molar-refractivity contribution < 1.29 is 14.3 Å². The smallest absolute Gasteiger partial charge is 0.308 e. The Balaban J connectivity index is 2.80. The van der Waals surface area contributed by atoms with Crippen molar-refractivity contribution in [2.75, 3.05) is 13.6 Å². The van der Waals surface area contributed by atoms with Crippen molar-refractivity contribution in [3.8, 4) is 0 Å². The van der Waals surface area contributed by atoms with Crippen molar-refractivity contribution in [2.45, 2.75) is 85.7 Å². The molecule has 0 radical (unpaired) electrons. The highest BCUT2D eigenvalue weighted by Crippen LogP contribution is 2.30. The van der Waals surface area contributed by atoms with Gasteiger partial charge in [0, 0.05) is 20.0 Å². The molecule has 1 aliphatic rings. The summed E-state index contributed by atoms with van der Waals surface area (Å²) in [6, 6.07) is 0. The van der Waals surface area contributed by atoms with Gasteiger partial charge >= 0.3 is 5.97 Å². The molecule has 0 bridgehead atoms. The van der Waals surface area contributed by atoms with E-state index >= 15 is 0 Å². The molecule has 0 saturated carbocycles. The quantitative estimate of drug-likeness (QED) is 0.614. The normalized spacial score (nSPS) is 29.6. The number of carbonyl (C=O) groups excluding carboxylic acids is 2. The van der Waals surface area contributed by atoms with E-state index in [0.29, 0.717) is 12.3 Å². The molecule has 0 N–H and O–H groups in total. The number of nitrogens with zero attached hydrogens (tertiary/aromatic N) is 1. The second kappa shape index (κ2) is 9.43. The fraction of sp³-hybridized carbons (Fsp3) is 0.900. The third-order valence-corrected chi connectivity index (χ3v) is 5.14. The molecule has 24 heavy (non-hydrogen) atoms. The molecule has 1 amide bonds. The predicted molar refractivity (Wildman–Crippen MR) is 97.6 cm³/mol. The number of rotatable bonds is 0. The van der Waals surface area contributed by atoms with Gasteiger partial charge in [-0.1, -0.05) is 47.5 Å². The van der Waals surface area contributed by atoms with Crippen molar-refractivity contribution in [3.05, 3.63) is 0 Å². The molecule has 1 heterocycles. The number of esters is 1. The molecule has 1 rings (SSSR count). The van der Waals surface area contributed by atoms with Gasteiger partial charge in [0.25, 0.3) is 0 Å². The molecule has 140 valence electrons. The molecule has 0 aliphatic carbocycles.